The predicted octanol–water partition coefficient (Wildman–Crippen LogP) is 5.10. The van der Waals surface area contributed by atoms with Crippen LogP contribution in [0.25, 0.3) is 27.8 Å². The van der Waals surface area contributed by atoms with Crippen LogP contribution in [0.2, 0.25) is 0 Å². The topological polar surface area (TPSA) is 47.6 Å². The number of nitriles is 1. The maximum absolute atomic E-state index is 14.3. The molecule has 1 aliphatic rings. The summed E-state index contributed by atoms with van der Waals surface area (Å²) in [7, 11) is 4.06. The molecule has 162 valence electrons. The van der Waals surface area contributed by atoms with Gasteiger partial charge in [-0.15, -0.1) is 0 Å². The monoisotopic (exact) mass is 431 g/mol. The average Bonchev–Trinajstić information content (AvgIpc) is 3.37. The van der Waals surface area contributed by atoms with Crippen molar-refractivity contribution in [1.82, 2.24) is 14.3 Å². The van der Waals surface area contributed by atoms with Crippen LogP contribution in [0, 0.1) is 29.9 Å². The molecule has 1 unspecified atom stereocenters. The molecule has 0 radical (unpaired) electrons. The molecule has 0 N–H and O–H groups in total. The van der Waals surface area contributed by atoms with E-state index >= 15 is 0 Å². The van der Waals surface area contributed by atoms with Gasteiger partial charge >= 0.3 is 0 Å². The van der Waals surface area contributed by atoms with Gasteiger partial charge in [0.05, 0.1) is 22.8 Å². The highest BCUT2D eigenvalue weighted by atomic mass is 19.1. The average molecular weight is 431 g/mol. The van der Waals surface area contributed by atoms with Crippen molar-refractivity contribution in [3.8, 4) is 17.2 Å². The third-order valence-electron chi connectivity index (χ3n) is 6.32. The number of para-hydroxylation sites is 2. The van der Waals surface area contributed by atoms with Crippen molar-refractivity contribution in [2.45, 2.75) is 25.9 Å². The van der Waals surface area contributed by atoms with Crippen LogP contribution in [0.1, 0.15) is 24.0 Å². The van der Waals surface area contributed by atoms with Crippen molar-refractivity contribution in [2.24, 2.45) is 0 Å². The first kappa shape index (κ1) is 20.4. The Bertz CT molecular complexity index is 1380. The van der Waals surface area contributed by atoms with Gasteiger partial charge in [0, 0.05) is 18.2 Å². The Morgan fingerprint density at radius 2 is 1.84 bits per heavy atom. The first-order chi connectivity index (χ1) is 15.4. The molecule has 0 aliphatic carbocycles. The first-order valence-electron chi connectivity index (χ1n) is 10.6. The molecular weight excluding hydrogens is 408 g/mol. The molecule has 2 aromatic carbocycles. The molecule has 0 bridgehead atoms. The molecule has 0 amide bonds. The number of hydrogen-bond donors (Lipinski definition) is 0. The number of halogens is 2. The minimum Gasteiger partial charge on any atom is -0.341 e. The molecule has 7 heteroatoms. The van der Waals surface area contributed by atoms with E-state index in [9.17, 15) is 14.0 Å². The van der Waals surface area contributed by atoms with E-state index in [2.05, 4.69) is 15.9 Å². The van der Waals surface area contributed by atoms with E-state index in [-0.39, 0.29) is 6.17 Å². The van der Waals surface area contributed by atoms with Crippen molar-refractivity contribution in [1.29, 1.82) is 5.26 Å². The number of aromatic nitrogens is 2. The van der Waals surface area contributed by atoms with E-state index in [1.165, 1.54) is 12.1 Å². The van der Waals surface area contributed by atoms with E-state index in [1.807, 2.05) is 49.7 Å². The lowest BCUT2D eigenvalue weighted by molar-refractivity contribution is 0.300. The van der Waals surface area contributed by atoms with Gasteiger partial charge in [0.1, 0.15) is 23.5 Å². The van der Waals surface area contributed by atoms with Gasteiger partial charge in [-0.2, -0.15) is 5.26 Å². The van der Waals surface area contributed by atoms with Crippen molar-refractivity contribution in [3.05, 3.63) is 65.2 Å². The molecule has 32 heavy (non-hydrogen) atoms. The van der Waals surface area contributed by atoms with E-state index < -0.39 is 11.6 Å². The Balaban J connectivity index is 1.99. The summed E-state index contributed by atoms with van der Waals surface area (Å²) in [6, 6.07) is 13.6. The number of anilines is 1. The van der Waals surface area contributed by atoms with Crippen LogP contribution >= 0.6 is 0 Å². The quantitative estimate of drug-likeness (QED) is 0.453. The summed E-state index contributed by atoms with van der Waals surface area (Å²) < 4.78 is 30.6. The minimum absolute atomic E-state index is 0.115. The van der Waals surface area contributed by atoms with E-state index in [0.717, 1.165) is 42.3 Å². The number of fused-ring (bicyclic) bond motifs is 3. The first-order valence-corrected chi connectivity index (χ1v) is 10.6. The molecule has 1 fully saturated rings. The standard InChI is InChI=1S/C25H23F2N5/c1-15-19(14-28)24-29-20-7-4-5-8-21(20)32(24)25(31-10-6-9-22(31)30(2)3)23(15)16-11-17(26)13-18(27)12-16/h4-5,7-8,11-13,22H,6,9-10H2,1-3H3. The molecular formula is C25H23F2N5. The number of rotatable bonds is 3. The van der Waals surface area contributed by atoms with E-state index in [0.29, 0.717) is 27.9 Å². The Hall–Kier alpha value is -3.50. The van der Waals surface area contributed by atoms with Gasteiger partial charge in [0.25, 0.3) is 0 Å². The minimum atomic E-state index is -0.648. The lowest BCUT2D eigenvalue weighted by Gasteiger charge is -2.34. The number of imidazole rings is 1. The summed E-state index contributed by atoms with van der Waals surface area (Å²) in [6.45, 7) is 2.63. The highest BCUT2D eigenvalue weighted by molar-refractivity contribution is 5.92. The zero-order chi connectivity index (χ0) is 22.6. The highest BCUT2D eigenvalue weighted by Gasteiger charge is 2.33. The van der Waals surface area contributed by atoms with Crippen molar-refractivity contribution < 1.29 is 8.78 Å². The number of nitrogens with zero attached hydrogens (tertiary/aromatic N) is 5. The van der Waals surface area contributed by atoms with Crippen molar-refractivity contribution in [3.63, 3.8) is 0 Å². The van der Waals surface area contributed by atoms with Gasteiger partial charge in [0.2, 0.25) is 0 Å². The third kappa shape index (κ3) is 3.02. The highest BCUT2D eigenvalue weighted by Crippen LogP contribution is 2.42. The summed E-state index contributed by atoms with van der Waals surface area (Å²) in [5, 5.41) is 10.0. The Kier molecular flexibility index (Phi) is 4.83. The van der Waals surface area contributed by atoms with Gasteiger partial charge in [0.15, 0.2) is 5.65 Å². The van der Waals surface area contributed by atoms with Gasteiger partial charge < -0.3 is 4.90 Å². The molecule has 0 saturated carbocycles. The van der Waals surface area contributed by atoms with Crippen molar-refractivity contribution in [2.75, 3.05) is 25.5 Å². The zero-order valence-corrected chi connectivity index (χ0v) is 18.2. The fourth-order valence-electron chi connectivity index (χ4n) is 4.96. The second-order valence-corrected chi connectivity index (χ2v) is 8.51. The van der Waals surface area contributed by atoms with E-state index in [1.54, 1.807) is 0 Å². The summed E-state index contributed by atoms with van der Waals surface area (Å²) in [6.07, 6.45) is 2.08. The Morgan fingerprint density at radius 3 is 2.53 bits per heavy atom. The van der Waals surface area contributed by atoms with Crippen LogP contribution in [-0.2, 0) is 0 Å². The van der Waals surface area contributed by atoms with Crippen LogP contribution in [0.4, 0.5) is 14.6 Å². The van der Waals surface area contributed by atoms with Gasteiger partial charge in [-0.05, 0) is 69.3 Å². The molecule has 2 aromatic heterocycles. The van der Waals surface area contributed by atoms with Crippen LogP contribution in [-0.4, -0.2) is 41.1 Å². The fraction of sp³-hybridized carbons (Fsp3) is 0.280. The smallest absolute Gasteiger partial charge is 0.157 e. The maximum Gasteiger partial charge on any atom is 0.157 e. The summed E-state index contributed by atoms with van der Waals surface area (Å²) in [5.74, 6) is -0.485. The van der Waals surface area contributed by atoms with Crippen LogP contribution in [0.3, 0.4) is 0 Å². The van der Waals surface area contributed by atoms with Crippen molar-refractivity contribution >= 4 is 22.5 Å². The third-order valence-corrected chi connectivity index (χ3v) is 6.32. The zero-order valence-electron chi connectivity index (χ0n) is 18.2. The second kappa shape index (κ2) is 7.57. The molecule has 3 heterocycles. The molecule has 5 rings (SSSR count). The molecule has 1 saturated heterocycles. The lowest BCUT2D eigenvalue weighted by Crippen LogP contribution is -2.41. The molecule has 0 spiro atoms. The predicted molar refractivity (Wildman–Crippen MR) is 122 cm³/mol. The van der Waals surface area contributed by atoms with Gasteiger partial charge in [-0.1, -0.05) is 12.1 Å². The number of hydrogen-bond acceptors (Lipinski definition) is 4. The molecule has 4 aromatic rings. The van der Waals surface area contributed by atoms with Crippen LogP contribution in [0.5, 0.6) is 0 Å². The Labute approximate surface area is 185 Å². The fourth-order valence-corrected chi connectivity index (χ4v) is 4.96. The normalized spacial score (nSPS) is 16.4. The number of pyridine rings is 1. The SMILES string of the molecule is Cc1c(-c2cc(F)cc(F)c2)c(N2CCCC2N(C)C)n2c(nc3ccccc32)c1C#N. The summed E-state index contributed by atoms with van der Waals surface area (Å²) >= 11 is 0. The summed E-state index contributed by atoms with van der Waals surface area (Å²) in [5.41, 5.74) is 4.33. The molecule has 1 aliphatic heterocycles. The molecule has 1 atom stereocenters. The van der Waals surface area contributed by atoms with E-state index in [4.69, 9.17) is 4.98 Å². The Morgan fingerprint density at radius 1 is 1.12 bits per heavy atom. The maximum atomic E-state index is 14.3. The van der Waals surface area contributed by atoms with Crippen LogP contribution < -0.4 is 4.90 Å². The van der Waals surface area contributed by atoms with Gasteiger partial charge in [-0.3, -0.25) is 9.30 Å². The second-order valence-electron chi connectivity index (χ2n) is 8.51. The largest absolute Gasteiger partial charge is 0.341 e. The lowest BCUT2D eigenvalue weighted by atomic mass is 9.96. The van der Waals surface area contributed by atoms with Gasteiger partial charge in [-0.25, -0.2) is 13.8 Å². The van der Waals surface area contributed by atoms with Crippen LogP contribution in [0.15, 0.2) is 42.5 Å². The summed E-state index contributed by atoms with van der Waals surface area (Å²) in [4.78, 5) is 9.20. The number of benzene rings is 2. The molecule has 5 nitrogen and oxygen atoms in total.